The summed E-state index contributed by atoms with van der Waals surface area (Å²) in [6, 6.07) is 14.1. The van der Waals surface area contributed by atoms with Crippen LogP contribution in [0, 0.1) is 0 Å². The fourth-order valence-corrected chi connectivity index (χ4v) is 2.25. The molecule has 0 saturated carbocycles. The first-order chi connectivity index (χ1) is 12.5. The summed E-state index contributed by atoms with van der Waals surface area (Å²) < 4.78 is 5.12. The number of hydrogen-bond donors (Lipinski definition) is 2. The van der Waals surface area contributed by atoms with E-state index < -0.39 is 0 Å². The van der Waals surface area contributed by atoms with Crippen LogP contribution < -0.4 is 15.5 Å². The molecule has 136 valence electrons. The smallest absolute Gasteiger partial charge is 0.271 e. The third-order valence-corrected chi connectivity index (χ3v) is 3.74. The van der Waals surface area contributed by atoms with Gasteiger partial charge in [-0.3, -0.25) is 9.59 Å². The zero-order chi connectivity index (χ0) is 18.9. The predicted octanol–water partition coefficient (Wildman–Crippen LogP) is 3.59. The van der Waals surface area contributed by atoms with Gasteiger partial charge in [-0.05, 0) is 67.4 Å². The van der Waals surface area contributed by atoms with E-state index in [-0.39, 0.29) is 11.8 Å². The van der Waals surface area contributed by atoms with E-state index in [2.05, 4.69) is 15.8 Å². The minimum Gasteiger partial charge on any atom is -0.497 e. The van der Waals surface area contributed by atoms with E-state index >= 15 is 0 Å². The lowest BCUT2D eigenvalue weighted by atomic mass is 10.1. The summed E-state index contributed by atoms with van der Waals surface area (Å²) in [5.74, 6) is 0.408. The quantitative estimate of drug-likeness (QED) is 0.590. The van der Waals surface area contributed by atoms with Crippen molar-refractivity contribution in [2.75, 3.05) is 12.4 Å². The molecule has 0 aromatic heterocycles. The number of amides is 2. The molecule has 2 amide bonds. The van der Waals surface area contributed by atoms with Gasteiger partial charge in [-0.25, -0.2) is 5.43 Å². The van der Waals surface area contributed by atoms with Crippen LogP contribution in [-0.2, 0) is 4.79 Å². The molecule has 0 atom stereocenters. The highest BCUT2D eigenvalue weighted by Crippen LogP contribution is 2.12. The average Bonchev–Trinajstić information content (AvgIpc) is 2.66. The molecule has 2 N–H and O–H groups in total. The molecule has 0 aliphatic rings. The number of ether oxygens (including phenoxy) is 1. The number of benzene rings is 2. The summed E-state index contributed by atoms with van der Waals surface area (Å²) in [4.78, 5) is 23.8. The van der Waals surface area contributed by atoms with E-state index in [1.54, 1.807) is 31.4 Å². The molecule has 0 heterocycles. The van der Waals surface area contributed by atoms with Gasteiger partial charge in [0.1, 0.15) is 5.75 Å². The molecular weight excluding hydrogens is 330 g/mol. The van der Waals surface area contributed by atoms with E-state index in [9.17, 15) is 9.59 Å². The number of nitrogens with zero attached hydrogens (tertiary/aromatic N) is 1. The number of anilines is 1. The monoisotopic (exact) mass is 353 g/mol. The summed E-state index contributed by atoms with van der Waals surface area (Å²) in [5, 5.41) is 6.91. The number of nitrogens with one attached hydrogen (secondary N) is 2. The van der Waals surface area contributed by atoms with Crippen molar-refractivity contribution in [2.24, 2.45) is 5.10 Å². The lowest BCUT2D eigenvalue weighted by Crippen LogP contribution is -2.19. The second kappa shape index (κ2) is 9.36. The second-order valence-corrected chi connectivity index (χ2v) is 5.74. The maximum absolute atomic E-state index is 12.2. The summed E-state index contributed by atoms with van der Waals surface area (Å²) >= 11 is 0. The van der Waals surface area contributed by atoms with Crippen LogP contribution >= 0.6 is 0 Å². The first kappa shape index (κ1) is 19.2. The van der Waals surface area contributed by atoms with Gasteiger partial charge in [0.2, 0.25) is 5.91 Å². The van der Waals surface area contributed by atoms with E-state index in [1.165, 1.54) is 0 Å². The van der Waals surface area contributed by atoms with E-state index in [0.717, 1.165) is 17.7 Å². The zero-order valence-corrected chi connectivity index (χ0v) is 15.2. The number of methoxy groups -OCH3 is 1. The molecule has 26 heavy (non-hydrogen) atoms. The number of hydrogen-bond acceptors (Lipinski definition) is 4. The van der Waals surface area contributed by atoms with Gasteiger partial charge < -0.3 is 10.1 Å². The normalized spacial score (nSPS) is 11.0. The number of hydrazone groups is 1. The fourth-order valence-electron chi connectivity index (χ4n) is 2.25. The number of carbonyl (C=O) groups is 2. The number of rotatable bonds is 7. The van der Waals surface area contributed by atoms with Crippen LogP contribution in [0.25, 0.3) is 0 Å². The molecule has 2 aromatic carbocycles. The van der Waals surface area contributed by atoms with Gasteiger partial charge in [0.25, 0.3) is 5.91 Å². The van der Waals surface area contributed by atoms with Gasteiger partial charge in [-0.1, -0.05) is 6.92 Å². The molecule has 0 fully saturated rings. The van der Waals surface area contributed by atoms with Crippen molar-refractivity contribution >= 4 is 23.2 Å². The summed E-state index contributed by atoms with van der Waals surface area (Å²) in [6.45, 7) is 3.76. The Morgan fingerprint density at radius 1 is 1.00 bits per heavy atom. The molecule has 6 nitrogen and oxygen atoms in total. The molecule has 0 saturated heterocycles. The third-order valence-electron chi connectivity index (χ3n) is 3.74. The zero-order valence-electron chi connectivity index (χ0n) is 15.2. The Morgan fingerprint density at radius 3 is 2.19 bits per heavy atom. The standard InChI is InChI=1S/C20H23N3O3/c1-4-5-19(24)21-17-10-6-16(7-11-17)20(25)23-22-14(2)15-8-12-18(26-3)13-9-15/h6-13H,4-5H2,1-3H3,(H,21,24)(H,23,25)/b22-14+. The topological polar surface area (TPSA) is 79.8 Å². The summed E-state index contributed by atoms with van der Waals surface area (Å²) in [5.41, 5.74) is 5.24. The highest BCUT2D eigenvalue weighted by Gasteiger charge is 2.06. The molecule has 0 bridgehead atoms. The summed E-state index contributed by atoms with van der Waals surface area (Å²) in [6.07, 6.45) is 1.26. The van der Waals surface area contributed by atoms with Gasteiger partial charge in [0.05, 0.1) is 12.8 Å². The highest BCUT2D eigenvalue weighted by molar-refractivity contribution is 6.01. The Hall–Kier alpha value is -3.15. The molecule has 6 heteroatoms. The molecule has 0 unspecified atom stereocenters. The van der Waals surface area contributed by atoms with Crippen LogP contribution in [0.4, 0.5) is 5.69 Å². The molecule has 0 radical (unpaired) electrons. The minimum absolute atomic E-state index is 0.0376. The molecule has 0 aliphatic heterocycles. The Balaban J connectivity index is 1.96. The van der Waals surface area contributed by atoms with Gasteiger partial charge >= 0.3 is 0 Å². The van der Waals surface area contributed by atoms with Crippen molar-refractivity contribution in [3.63, 3.8) is 0 Å². The van der Waals surface area contributed by atoms with Crippen LogP contribution in [0.15, 0.2) is 53.6 Å². The Labute approximate surface area is 153 Å². The number of carbonyl (C=O) groups excluding carboxylic acids is 2. The molecule has 2 rings (SSSR count). The second-order valence-electron chi connectivity index (χ2n) is 5.74. The minimum atomic E-state index is -0.315. The van der Waals surface area contributed by atoms with Crippen molar-refractivity contribution in [3.8, 4) is 5.75 Å². The Kier molecular flexibility index (Phi) is 6.91. The fraction of sp³-hybridized carbons (Fsp3) is 0.250. The van der Waals surface area contributed by atoms with Crippen molar-refractivity contribution < 1.29 is 14.3 Å². The maximum atomic E-state index is 12.2. The highest BCUT2D eigenvalue weighted by atomic mass is 16.5. The SMILES string of the molecule is CCCC(=O)Nc1ccc(C(=O)N/N=C(\C)c2ccc(OC)cc2)cc1. The van der Waals surface area contributed by atoms with Crippen LogP contribution in [0.1, 0.15) is 42.6 Å². The summed E-state index contributed by atoms with van der Waals surface area (Å²) in [7, 11) is 1.61. The largest absolute Gasteiger partial charge is 0.497 e. The first-order valence-corrected chi connectivity index (χ1v) is 8.42. The van der Waals surface area contributed by atoms with Crippen LogP contribution in [0.3, 0.4) is 0 Å². The van der Waals surface area contributed by atoms with Crippen molar-refractivity contribution in [2.45, 2.75) is 26.7 Å². The molecular formula is C20H23N3O3. The predicted molar refractivity (Wildman–Crippen MR) is 103 cm³/mol. The Morgan fingerprint density at radius 2 is 1.62 bits per heavy atom. The molecule has 2 aromatic rings. The Bertz CT molecular complexity index is 781. The first-order valence-electron chi connectivity index (χ1n) is 8.42. The van der Waals surface area contributed by atoms with E-state index in [0.29, 0.717) is 23.4 Å². The van der Waals surface area contributed by atoms with Crippen LogP contribution in [-0.4, -0.2) is 24.6 Å². The van der Waals surface area contributed by atoms with Crippen LogP contribution in [0.2, 0.25) is 0 Å². The third kappa shape index (κ3) is 5.44. The van der Waals surface area contributed by atoms with Gasteiger partial charge in [-0.15, -0.1) is 0 Å². The van der Waals surface area contributed by atoms with Crippen LogP contribution in [0.5, 0.6) is 5.75 Å². The van der Waals surface area contributed by atoms with Crippen molar-refractivity contribution in [1.29, 1.82) is 0 Å². The molecule has 0 aliphatic carbocycles. The van der Waals surface area contributed by atoms with Crippen molar-refractivity contribution in [1.82, 2.24) is 5.43 Å². The van der Waals surface area contributed by atoms with Gasteiger partial charge in [-0.2, -0.15) is 5.10 Å². The van der Waals surface area contributed by atoms with Gasteiger partial charge in [0.15, 0.2) is 0 Å². The molecule has 0 spiro atoms. The lowest BCUT2D eigenvalue weighted by molar-refractivity contribution is -0.116. The van der Waals surface area contributed by atoms with E-state index in [1.807, 2.05) is 38.1 Å². The average molecular weight is 353 g/mol. The van der Waals surface area contributed by atoms with Gasteiger partial charge in [0, 0.05) is 17.7 Å². The van der Waals surface area contributed by atoms with Crippen molar-refractivity contribution in [3.05, 3.63) is 59.7 Å². The maximum Gasteiger partial charge on any atom is 0.271 e. The lowest BCUT2D eigenvalue weighted by Gasteiger charge is -2.06. The van der Waals surface area contributed by atoms with E-state index in [4.69, 9.17) is 4.74 Å².